The van der Waals surface area contributed by atoms with Crippen LogP contribution in [0.15, 0.2) is 48.5 Å². The van der Waals surface area contributed by atoms with E-state index in [4.69, 9.17) is 0 Å². The van der Waals surface area contributed by atoms with E-state index in [0.717, 1.165) is 31.5 Å². The third kappa shape index (κ3) is 5.02. The predicted molar refractivity (Wildman–Crippen MR) is 102 cm³/mol. The summed E-state index contributed by atoms with van der Waals surface area (Å²) in [6.07, 6.45) is 8.49. The first-order chi connectivity index (χ1) is 12.2. The van der Waals surface area contributed by atoms with Crippen molar-refractivity contribution in [1.29, 1.82) is 0 Å². The Kier molecular flexibility index (Phi) is 5.99. The average Bonchev–Trinajstić information content (AvgIpc) is 2.67. The van der Waals surface area contributed by atoms with Crippen molar-refractivity contribution in [2.24, 2.45) is 0 Å². The van der Waals surface area contributed by atoms with Crippen molar-refractivity contribution in [1.82, 2.24) is 4.90 Å². The van der Waals surface area contributed by atoms with Gasteiger partial charge in [0.1, 0.15) is 0 Å². The van der Waals surface area contributed by atoms with Crippen LogP contribution < -0.4 is 0 Å². The quantitative estimate of drug-likeness (QED) is 0.723. The molecule has 3 rings (SSSR count). The highest BCUT2D eigenvalue weighted by atomic mass is 16.2. The second kappa shape index (κ2) is 8.61. The predicted octanol–water partition coefficient (Wildman–Crippen LogP) is 4.60. The van der Waals surface area contributed by atoms with E-state index < -0.39 is 0 Å². The van der Waals surface area contributed by atoms with Crippen LogP contribution in [0.1, 0.15) is 44.1 Å². The van der Waals surface area contributed by atoms with Gasteiger partial charge in [-0.25, -0.2) is 0 Å². The maximum Gasteiger partial charge on any atom is 0.222 e. The monoisotopic (exact) mass is 335 g/mol. The number of benzene rings is 2. The number of ketones is 1. The van der Waals surface area contributed by atoms with E-state index in [9.17, 15) is 9.59 Å². The molecule has 3 nitrogen and oxygen atoms in total. The molecule has 1 fully saturated rings. The van der Waals surface area contributed by atoms with Crippen LogP contribution in [0.3, 0.4) is 0 Å². The highest BCUT2D eigenvalue weighted by Gasteiger charge is 2.15. The van der Waals surface area contributed by atoms with Gasteiger partial charge < -0.3 is 4.90 Å². The van der Waals surface area contributed by atoms with Crippen LogP contribution in [0.4, 0.5) is 0 Å². The molecule has 0 unspecified atom stereocenters. The van der Waals surface area contributed by atoms with E-state index in [-0.39, 0.29) is 11.7 Å². The fourth-order valence-electron chi connectivity index (χ4n) is 3.30. The Balaban J connectivity index is 1.46. The van der Waals surface area contributed by atoms with Crippen molar-refractivity contribution in [3.8, 4) is 0 Å². The number of hydrogen-bond acceptors (Lipinski definition) is 2. The number of piperidine rings is 1. The average molecular weight is 335 g/mol. The molecule has 0 saturated carbocycles. The maximum absolute atomic E-state index is 12.1. The number of rotatable bonds is 6. The summed E-state index contributed by atoms with van der Waals surface area (Å²) < 4.78 is 0. The SMILES string of the molecule is O=C(/C=C/c1ccc2ccccc2c1)CCCC(=O)N1CCCCC1. The van der Waals surface area contributed by atoms with Crippen LogP contribution in [0.5, 0.6) is 0 Å². The Morgan fingerprint density at radius 3 is 2.48 bits per heavy atom. The highest BCUT2D eigenvalue weighted by molar-refractivity contribution is 5.94. The second-order valence-corrected chi connectivity index (χ2v) is 6.70. The van der Waals surface area contributed by atoms with Gasteiger partial charge in [-0.2, -0.15) is 0 Å². The summed E-state index contributed by atoms with van der Waals surface area (Å²) in [6, 6.07) is 14.3. The van der Waals surface area contributed by atoms with E-state index in [1.165, 1.54) is 17.2 Å². The minimum Gasteiger partial charge on any atom is -0.343 e. The van der Waals surface area contributed by atoms with Crippen molar-refractivity contribution in [2.75, 3.05) is 13.1 Å². The highest BCUT2D eigenvalue weighted by Crippen LogP contribution is 2.17. The van der Waals surface area contributed by atoms with E-state index >= 15 is 0 Å². The van der Waals surface area contributed by atoms with Gasteiger partial charge in [-0.05, 0) is 54.2 Å². The fraction of sp³-hybridized carbons (Fsp3) is 0.364. The van der Waals surface area contributed by atoms with Crippen molar-refractivity contribution >= 4 is 28.5 Å². The first kappa shape index (κ1) is 17.4. The zero-order valence-electron chi connectivity index (χ0n) is 14.6. The van der Waals surface area contributed by atoms with Crippen molar-refractivity contribution in [3.05, 3.63) is 54.1 Å². The normalized spacial score (nSPS) is 15.0. The summed E-state index contributed by atoms with van der Waals surface area (Å²) in [5.41, 5.74) is 1.02. The number of fused-ring (bicyclic) bond motifs is 1. The Morgan fingerprint density at radius 1 is 0.920 bits per heavy atom. The lowest BCUT2D eigenvalue weighted by Gasteiger charge is -2.26. The lowest BCUT2D eigenvalue weighted by Crippen LogP contribution is -2.35. The molecule has 1 heterocycles. The Morgan fingerprint density at radius 2 is 1.68 bits per heavy atom. The molecule has 1 aliphatic rings. The number of likely N-dealkylation sites (tertiary alicyclic amines) is 1. The summed E-state index contributed by atoms with van der Waals surface area (Å²) in [5.74, 6) is 0.283. The van der Waals surface area contributed by atoms with Crippen LogP contribution >= 0.6 is 0 Å². The van der Waals surface area contributed by atoms with E-state index in [0.29, 0.717) is 19.3 Å². The van der Waals surface area contributed by atoms with E-state index in [1.54, 1.807) is 6.08 Å². The number of carbonyl (C=O) groups excluding carboxylic acids is 2. The molecule has 2 aromatic carbocycles. The lowest BCUT2D eigenvalue weighted by molar-refractivity contribution is -0.132. The van der Waals surface area contributed by atoms with Gasteiger partial charge in [-0.15, -0.1) is 0 Å². The number of carbonyl (C=O) groups is 2. The molecule has 0 aliphatic carbocycles. The molecule has 1 saturated heterocycles. The van der Waals surface area contributed by atoms with Crippen LogP contribution in [0, 0.1) is 0 Å². The van der Waals surface area contributed by atoms with Crippen molar-refractivity contribution in [3.63, 3.8) is 0 Å². The molecule has 0 radical (unpaired) electrons. The molecule has 3 heteroatoms. The molecule has 0 bridgehead atoms. The number of hydrogen-bond donors (Lipinski definition) is 0. The molecule has 1 aliphatic heterocycles. The topological polar surface area (TPSA) is 37.4 Å². The molecule has 0 aromatic heterocycles. The zero-order chi connectivity index (χ0) is 17.5. The fourth-order valence-corrected chi connectivity index (χ4v) is 3.30. The maximum atomic E-state index is 12.1. The third-order valence-electron chi connectivity index (χ3n) is 4.76. The molecular weight excluding hydrogens is 310 g/mol. The molecule has 130 valence electrons. The number of amides is 1. The summed E-state index contributed by atoms with van der Waals surface area (Å²) in [5, 5.41) is 2.37. The van der Waals surface area contributed by atoms with Crippen LogP contribution in [-0.2, 0) is 9.59 Å². The number of nitrogens with zero attached hydrogens (tertiary/aromatic N) is 1. The van der Waals surface area contributed by atoms with E-state index in [1.807, 2.05) is 29.2 Å². The second-order valence-electron chi connectivity index (χ2n) is 6.70. The van der Waals surface area contributed by atoms with Gasteiger partial charge >= 0.3 is 0 Å². The molecule has 25 heavy (non-hydrogen) atoms. The summed E-state index contributed by atoms with van der Waals surface area (Å²) in [6.45, 7) is 1.77. The number of allylic oxidation sites excluding steroid dienone is 1. The Bertz CT molecular complexity index is 772. The van der Waals surface area contributed by atoms with Gasteiger partial charge in [0.2, 0.25) is 5.91 Å². The largest absolute Gasteiger partial charge is 0.343 e. The van der Waals surface area contributed by atoms with Gasteiger partial charge in [-0.3, -0.25) is 9.59 Å². The smallest absolute Gasteiger partial charge is 0.222 e. The molecule has 1 amide bonds. The standard InChI is InChI=1S/C22H25NO2/c24-21(9-6-10-22(25)23-15-4-1-5-16-23)14-12-18-11-13-19-7-2-3-8-20(19)17-18/h2-3,7-8,11-14,17H,1,4-6,9-10,15-16H2/b14-12+. The van der Waals surface area contributed by atoms with Crippen LogP contribution in [-0.4, -0.2) is 29.7 Å². The summed E-state index contributed by atoms with van der Waals surface area (Å²) >= 11 is 0. The molecule has 2 aromatic rings. The molecular formula is C22H25NO2. The van der Waals surface area contributed by atoms with Crippen LogP contribution in [0.2, 0.25) is 0 Å². The first-order valence-electron chi connectivity index (χ1n) is 9.20. The lowest BCUT2D eigenvalue weighted by atomic mass is 10.1. The van der Waals surface area contributed by atoms with Gasteiger partial charge in [0.25, 0.3) is 0 Å². The summed E-state index contributed by atoms with van der Waals surface area (Å²) in [7, 11) is 0. The third-order valence-corrected chi connectivity index (χ3v) is 4.76. The van der Waals surface area contributed by atoms with Crippen LogP contribution in [0.25, 0.3) is 16.8 Å². The van der Waals surface area contributed by atoms with Crippen molar-refractivity contribution in [2.45, 2.75) is 38.5 Å². The van der Waals surface area contributed by atoms with Gasteiger partial charge in [0, 0.05) is 25.9 Å². The Hall–Kier alpha value is -2.42. The molecule has 0 N–H and O–H groups in total. The minimum atomic E-state index is 0.0830. The Labute approximate surface area is 149 Å². The van der Waals surface area contributed by atoms with Gasteiger partial charge in [-0.1, -0.05) is 42.5 Å². The summed E-state index contributed by atoms with van der Waals surface area (Å²) in [4.78, 5) is 26.0. The first-order valence-corrected chi connectivity index (χ1v) is 9.20. The van der Waals surface area contributed by atoms with E-state index in [2.05, 4.69) is 24.3 Å². The van der Waals surface area contributed by atoms with Crippen molar-refractivity contribution < 1.29 is 9.59 Å². The van der Waals surface area contributed by atoms with Gasteiger partial charge in [0.15, 0.2) is 5.78 Å². The molecule has 0 spiro atoms. The van der Waals surface area contributed by atoms with Gasteiger partial charge in [0.05, 0.1) is 0 Å². The minimum absolute atomic E-state index is 0.0830. The zero-order valence-corrected chi connectivity index (χ0v) is 14.6. The molecule has 0 atom stereocenters.